The van der Waals surface area contributed by atoms with Gasteiger partial charge in [-0.2, -0.15) is 0 Å². The van der Waals surface area contributed by atoms with Crippen molar-refractivity contribution < 1.29 is 29.7 Å². The molecule has 5 heterocycles. The van der Waals surface area contributed by atoms with Crippen LogP contribution in [0.15, 0.2) is 219 Å². The molecule has 0 aliphatic carbocycles. The van der Waals surface area contributed by atoms with Crippen molar-refractivity contribution in [3.8, 4) is 33.9 Å². The van der Waals surface area contributed by atoms with Gasteiger partial charge in [-0.1, -0.05) is 91.0 Å². The van der Waals surface area contributed by atoms with E-state index < -0.39 is 6.04 Å². The van der Waals surface area contributed by atoms with E-state index in [1.165, 1.54) is 10.8 Å². The normalized spacial score (nSPS) is 10.8. The second-order valence-electron chi connectivity index (χ2n) is 14.8. The van der Waals surface area contributed by atoms with Gasteiger partial charge in [0.25, 0.3) is 5.91 Å². The van der Waals surface area contributed by atoms with Gasteiger partial charge in [-0.15, -0.1) is 71.8 Å². The van der Waals surface area contributed by atoms with Gasteiger partial charge in [0.15, 0.2) is 0 Å². The second kappa shape index (κ2) is 23.6. The molecule has 1 radical (unpaired) electrons. The number of benzene rings is 5. The third-order valence-electron chi connectivity index (χ3n) is 10.2. The predicted molar refractivity (Wildman–Crippen MR) is 257 cm³/mol. The summed E-state index contributed by atoms with van der Waals surface area (Å²) in [7, 11) is 0. The summed E-state index contributed by atoms with van der Waals surface area (Å²) in [6.07, 6.45) is 7.11. The number of nitrogens with zero attached hydrogens (tertiary/aromatic N) is 5. The first kappa shape index (κ1) is 46.0. The summed E-state index contributed by atoms with van der Waals surface area (Å²) in [6, 6.07) is 67.9. The Kier molecular flexibility index (Phi) is 16.4. The molecule has 10 rings (SSSR count). The largest absolute Gasteiger partial charge is 0.350 e. The molecule has 10 heteroatoms. The molecule has 5 aromatic heterocycles. The van der Waals surface area contributed by atoms with Crippen LogP contribution in [0.5, 0.6) is 0 Å². The maximum absolute atomic E-state index is 13.0. The molecule has 0 aliphatic heterocycles. The molecule has 2 amide bonds. The number of amides is 2. The van der Waals surface area contributed by atoms with Crippen LogP contribution in [0.2, 0.25) is 0 Å². The molecule has 0 unspecified atom stereocenters. The number of fused-ring (bicyclic) bond motifs is 2. The summed E-state index contributed by atoms with van der Waals surface area (Å²) in [5.74, 6) is -0.573. The molecule has 2 N–H and O–H groups in total. The summed E-state index contributed by atoms with van der Waals surface area (Å²) in [5.41, 5.74) is 9.86. The van der Waals surface area contributed by atoms with Crippen LogP contribution < -0.4 is 10.6 Å². The molecule has 0 saturated heterocycles. The van der Waals surface area contributed by atoms with Gasteiger partial charge >= 0.3 is 0 Å². The van der Waals surface area contributed by atoms with Crippen LogP contribution in [-0.2, 0) is 37.9 Å². The van der Waals surface area contributed by atoms with Gasteiger partial charge in [-0.3, -0.25) is 34.5 Å². The van der Waals surface area contributed by atoms with Crippen LogP contribution in [0.3, 0.4) is 0 Å². The van der Waals surface area contributed by atoms with E-state index in [2.05, 4.69) is 72.0 Å². The van der Waals surface area contributed by atoms with Crippen LogP contribution in [0.25, 0.3) is 55.7 Å². The predicted octanol–water partition coefficient (Wildman–Crippen LogP) is 10.6. The Morgan fingerprint density at radius 1 is 0.500 bits per heavy atom. The van der Waals surface area contributed by atoms with Crippen molar-refractivity contribution >= 4 is 33.6 Å². The number of para-hydroxylation sites is 2. The van der Waals surface area contributed by atoms with Crippen molar-refractivity contribution in [2.24, 2.45) is 0 Å². The van der Waals surface area contributed by atoms with E-state index in [0.29, 0.717) is 18.5 Å². The van der Waals surface area contributed by atoms with Gasteiger partial charge in [-0.05, 0) is 87.9 Å². The van der Waals surface area contributed by atoms with Gasteiger partial charge in [0, 0.05) is 63.4 Å². The minimum atomic E-state index is -0.735. The smallest absolute Gasteiger partial charge is 0.251 e. The van der Waals surface area contributed by atoms with Crippen molar-refractivity contribution in [2.75, 3.05) is 0 Å². The Labute approximate surface area is 397 Å². The van der Waals surface area contributed by atoms with Crippen molar-refractivity contribution in [3.63, 3.8) is 0 Å². The number of hydrogen-bond donors (Lipinski definition) is 2. The molecule has 9 nitrogen and oxygen atoms in total. The van der Waals surface area contributed by atoms with Crippen molar-refractivity contribution in [3.05, 3.63) is 248 Å². The van der Waals surface area contributed by atoms with Crippen molar-refractivity contribution in [1.29, 1.82) is 0 Å². The van der Waals surface area contributed by atoms with Crippen LogP contribution in [-0.4, -0.2) is 42.8 Å². The fourth-order valence-electron chi connectivity index (χ4n) is 6.84. The average Bonchev–Trinajstić information content (AvgIpc) is 3.39. The van der Waals surface area contributed by atoms with E-state index in [-0.39, 0.29) is 31.9 Å². The van der Waals surface area contributed by atoms with Crippen LogP contribution >= 0.6 is 0 Å². The molecule has 66 heavy (non-hydrogen) atoms. The topological polar surface area (TPSA) is 123 Å². The third-order valence-corrected chi connectivity index (χ3v) is 10.2. The van der Waals surface area contributed by atoms with Crippen molar-refractivity contribution in [1.82, 2.24) is 35.6 Å². The second-order valence-corrected chi connectivity index (χ2v) is 14.8. The van der Waals surface area contributed by atoms with E-state index in [4.69, 9.17) is 0 Å². The zero-order valence-corrected chi connectivity index (χ0v) is 38.1. The summed E-state index contributed by atoms with van der Waals surface area (Å²) < 4.78 is 0. The zero-order valence-electron chi connectivity index (χ0n) is 35.7. The Bertz CT molecular complexity index is 2960. The zero-order chi connectivity index (χ0) is 44.5. The molecule has 0 spiro atoms. The first-order chi connectivity index (χ1) is 32.1. The minimum absolute atomic E-state index is 0. The van der Waals surface area contributed by atoms with E-state index in [1.807, 2.05) is 146 Å². The van der Waals surface area contributed by atoms with Gasteiger partial charge < -0.3 is 10.6 Å². The summed E-state index contributed by atoms with van der Waals surface area (Å²) in [4.78, 5) is 47.6. The number of hydrogen-bond acceptors (Lipinski definition) is 7. The van der Waals surface area contributed by atoms with Crippen LogP contribution in [0.4, 0.5) is 0 Å². The quantitative estimate of drug-likeness (QED) is 0.131. The first-order valence-electron chi connectivity index (χ1n) is 21.1. The van der Waals surface area contributed by atoms with Gasteiger partial charge in [-0.25, -0.2) is 0 Å². The summed E-state index contributed by atoms with van der Waals surface area (Å²) >= 11 is 0. The summed E-state index contributed by atoms with van der Waals surface area (Å²) in [6.45, 7) is 0.294. The molecular formula is C56H43IrN7O2-2. The van der Waals surface area contributed by atoms with E-state index >= 15 is 0 Å². The van der Waals surface area contributed by atoms with Gasteiger partial charge in [0.1, 0.15) is 6.04 Å². The SMILES string of the molecule is O=C(N[C@@H](Cc1ccncc1)C(=O)NCc1ccc(-c2ccccn2)nc1)c1ccccc1.[Ir].[c-]1ccccc1-c1ccc2ccccc2n1.[c-]1ccccc1-c1ccc2ccccc2n1. The Hall–Kier alpha value is -8.04. The third kappa shape index (κ3) is 12.8. The number of carbonyl (C=O) groups is 2. The van der Waals surface area contributed by atoms with Crippen LogP contribution in [0.1, 0.15) is 21.5 Å². The number of aromatic nitrogens is 5. The molecule has 325 valence electrons. The average molecular weight is 1040 g/mol. The summed E-state index contributed by atoms with van der Waals surface area (Å²) in [5, 5.41) is 8.10. The number of rotatable bonds is 10. The maximum atomic E-state index is 13.0. The minimum Gasteiger partial charge on any atom is -0.350 e. The number of pyridine rings is 5. The molecule has 0 fully saturated rings. The van der Waals surface area contributed by atoms with E-state index in [9.17, 15) is 9.59 Å². The Morgan fingerprint density at radius 3 is 1.62 bits per heavy atom. The standard InChI is InChI=1S/C26H23N5O2.2C15H10N.Ir/c32-25(21-6-2-1-3-7-21)31-24(16-19-11-14-27-15-12-19)26(33)30-18-20-9-10-23(29-17-20)22-8-4-5-13-28-22;2*1-2-6-12(7-3-1)15-11-10-13-8-4-5-9-14(13)16-15;/h1-15,17,24H,16,18H2,(H,30,33)(H,31,32);2*1-6,8-11H;/q;2*-1;/t24-;;;/m0.../s1. The fraction of sp³-hybridized carbons (Fsp3) is 0.0536. The maximum Gasteiger partial charge on any atom is 0.251 e. The molecule has 0 bridgehead atoms. The monoisotopic (exact) mass is 1040 g/mol. The van der Waals surface area contributed by atoms with E-state index in [0.717, 1.165) is 56.1 Å². The van der Waals surface area contributed by atoms with Crippen molar-refractivity contribution in [2.45, 2.75) is 19.0 Å². The van der Waals surface area contributed by atoms with Gasteiger partial charge in [0.05, 0.1) is 22.4 Å². The molecule has 5 aromatic carbocycles. The Balaban J connectivity index is 0.000000163. The molecule has 0 saturated carbocycles. The molecular weight excluding hydrogens is 995 g/mol. The van der Waals surface area contributed by atoms with Crippen LogP contribution in [0, 0.1) is 12.1 Å². The Morgan fingerprint density at radius 2 is 1.06 bits per heavy atom. The molecule has 10 aromatic rings. The fourth-order valence-corrected chi connectivity index (χ4v) is 6.84. The number of carbonyl (C=O) groups excluding carboxylic acids is 2. The first-order valence-corrected chi connectivity index (χ1v) is 21.1. The molecule has 0 aliphatic rings. The van der Waals surface area contributed by atoms with Gasteiger partial charge in [0.2, 0.25) is 5.91 Å². The molecule has 1 atom stereocenters. The number of nitrogens with one attached hydrogen (secondary N) is 2. The van der Waals surface area contributed by atoms with E-state index in [1.54, 1.807) is 49.1 Å².